The number of rotatable bonds is 4. The molecule has 0 unspecified atom stereocenters. The Labute approximate surface area is 165 Å². The highest BCUT2D eigenvalue weighted by molar-refractivity contribution is 7.93. The van der Waals surface area contributed by atoms with Crippen LogP contribution in [0.4, 0.5) is 5.69 Å². The maximum Gasteiger partial charge on any atom is 0.262 e. The Bertz CT molecular complexity index is 1230. The Hall–Kier alpha value is -2.61. The number of fused-ring (bicyclic) bond motifs is 1. The Morgan fingerprint density at radius 1 is 1.00 bits per heavy atom. The molecular formula is C18H12Cl2N4O2S. The van der Waals surface area contributed by atoms with Gasteiger partial charge < -0.3 is 0 Å². The summed E-state index contributed by atoms with van der Waals surface area (Å²) < 4.78 is 29.9. The Balaban J connectivity index is 1.66. The molecule has 0 spiro atoms. The van der Waals surface area contributed by atoms with Crippen LogP contribution >= 0.6 is 23.2 Å². The standard InChI is InChI=1S/C18H12Cl2N4O2S/c19-17-18(20)24(11-22-17)14-6-4-13(5-7-14)23-27(25,26)16-3-1-2-12-10-21-9-8-15(12)16/h1-11,23H. The maximum atomic E-state index is 12.8. The van der Waals surface area contributed by atoms with Gasteiger partial charge in [-0.2, -0.15) is 0 Å². The van der Waals surface area contributed by atoms with E-state index in [9.17, 15) is 8.42 Å². The van der Waals surface area contributed by atoms with Gasteiger partial charge in [0.25, 0.3) is 10.0 Å². The highest BCUT2D eigenvalue weighted by Crippen LogP contribution is 2.27. The summed E-state index contributed by atoms with van der Waals surface area (Å²) in [5.74, 6) is 0. The zero-order valence-electron chi connectivity index (χ0n) is 13.7. The van der Waals surface area contributed by atoms with Gasteiger partial charge >= 0.3 is 0 Å². The molecule has 0 bridgehead atoms. The summed E-state index contributed by atoms with van der Waals surface area (Å²) in [6.07, 6.45) is 4.69. The van der Waals surface area contributed by atoms with Crippen molar-refractivity contribution in [3.8, 4) is 5.69 Å². The lowest BCUT2D eigenvalue weighted by molar-refractivity contribution is 0.602. The molecule has 27 heavy (non-hydrogen) atoms. The predicted molar refractivity (Wildman–Crippen MR) is 106 cm³/mol. The smallest absolute Gasteiger partial charge is 0.262 e. The van der Waals surface area contributed by atoms with Crippen LogP contribution < -0.4 is 4.72 Å². The fraction of sp³-hybridized carbons (Fsp3) is 0. The molecule has 0 saturated carbocycles. The van der Waals surface area contributed by atoms with E-state index in [4.69, 9.17) is 23.2 Å². The minimum Gasteiger partial charge on any atom is -0.288 e. The highest BCUT2D eigenvalue weighted by atomic mass is 35.5. The lowest BCUT2D eigenvalue weighted by Crippen LogP contribution is -2.13. The number of aromatic nitrogens is 3. The number of pyridine rings is 1. The first-order valence-corrected chi connectivity index (χ1v) is 10.0. The third kappa shape index (κ3) is 3.37. The van der Waals surface area contributed by atoms with Crippen LogP contribution in [0.3, 0.4) is 0 Å². The van der Waals surface area contributed by atoms with E-state index in [2.05, 4.69) is 14.7 Å². The van der Waals surface area contributed by atoms with E-state index in [0.29, 0.717) is 16.8 Å². The second-order valence-electron chi connectivity index (χ2n) is 5.70. The molecule has 4 aromatic rings. The van der Waals surface area contributed by atoms with Crippen molar-refractivity contribution in [1.82, 2.24) is 14.5 Å². The Morgan fingerprint density at radius 2 is 1.78 bits per heavy atom. The Kier molecular flexibility index (Phi) is 4.51. The van der Waals surface area contributed by atoms with Crippen molar-refractivity contribution in [2.24, 2.45) is 0 Å². The second-order valence-corrected chi connectivity index (χ2v) is 8.07. The summed E-state index contributed by atoms with van der Waals surface area (Å²) in [7, 11) is -3.77. The van der Waals surface area contributed by atoms with Gasteiger partial charge in [-0.3, -0.25) is 14.3 Å². The average Bonchev–Trinajstić information content (AvgIpc) is 3.00. The van der Waals surface area contributed by atoms with Crippen LogP contribution in [-0.2, 0) is 10.0 Å². The molecule has 2 heterocycles. The third-order valence-electron chi connectivity index (χ3n) is 4.00. The second kappa shape index (κ2) is 6.84. The SMILES string of the molecule is O=S(=O)(Nc1ccc(-n2cnc(Cl)c2Cl)cc1)c1cccc2cnccc12. The lowest BCUT2D eigenvalue weighted by Gasteiger charge is -2.11. The first-order chi connectivity index (χ1) is 13.0. The van der Waals surface area contributed by atoms with Crippen LogP contribution in [-0.4, -0.2) is 23.0 Å². The first-order valence-electron chi connectivity index (χ1n) is 7.80. The molecule has 0 saturated heterocycles. The number of hydrogen-bond donors (Lipinski definition) is 1. The predicted octanol–water partition coefficient (Wildman–Crippen LogP) is 4.53. The van der Waals surface area contributed by atoms with Gasteiger partial charge in [0.2, 0.25) is 0 Å². The summed E-state index contributed by atoms with van der Waals surface area (Å²) >= 11 is 11.9. The van der Waals surface area contributed by atoms with Crippen LogP contribution in [0.2, 0.25) is 10.3 Å². The lowest BCUT2D eigenvalue weighted by atomic mass is 10.2. The summed E-state index contributed by atoms with van der Waals surface area (Å²) in [5, 5.41) is 1.85. The fourth-order valence-electron chi connectivity index (χ4n) is 2.72. The van der Waals surface area contributed by atoms with Crippen LogP contribution in [0.15, 0.2) is 72.1 Å². The number of sulfonamides is 1. The van der Waals surface area contributed by atoms with Crippen LogP contribution in [0.1, 0.15) is 0 Å². The van der Waals surface area contributed by atoms with Crippen LogP contribution in [0.5, 0.6) is 0 Å². The summed E-state index contributed by atoms with van der Waals surface area (Å²) in [6.45, 7) is 0. The van der Waals surface area contributed by atoms with E-state index in [1.165, 1.54) is 6.33 Å². The number of hydrogen-bond acceptors (Lipinski definition) is 4. The molecule has 2 aromatic carbocycles. The molecule has 0 aliphatic rings. The zero-order chi connectivity index (χ0) is 19.0. The van der Waals surface area contributed by atoms with Crippen molar-refractivity contribution in [1.29, 1.82) is 0 Å². The molecule has 1 N–H and O–H groups in total. The van der Waals surface area contributed by atoms with E-state index < -0.39 is 10.0 Å². The van der Waals surface area contributed by atoms with Gasteiger partial charge in [0.1, 0.15) is 6.33 Å². The number of halogens is 2. The van der Waals surface area contributed by atoms with Crippen molar-refractivity contribution >= 4 is 49.7 Å². The van der Waals surface area contributed by atoms with Crippen molar-refractivity contribution in [2.75, 3.05) is 4.72 Å². The van der Waals surface area contributed by atoms with E-state index in [0.717, 1.165) is 5.39 Å². The Morgan fingerprint density at radius 3 is 2.48 bits per heavy atom. The average molecular weight is 419 g/mol. The highest BCUT2D eigenvalue weighted by Gasteiger charge is 2.17. The van der Waals surface area contributed by atoms with Gasteiger partial charge in [-0.1, -0.05) is 35.3 Å². The number of nitrogens with zero attached hydrogens (tertiary/aromatic N) is 3. The molecule has 4 rings (SSSR count). The molecule has 6 nitrogen and oxygen atoms in total. The molecule has 0 fully saturated rings. The van der Waals surface area contributed by atoms with Gasteiger partial charge in [0.05, 0.1) is 4.90 Å². The zero-order valence-corrected chi connectivity index (χ0v) is 16.0. The van der Waals surface area contributed by atoms with Gasteiger partial charge in [0.15, 0.2) is 10.3 Å². The van der Waals surface area contributed by atoms with Crippen LogP contribution in [0, 0.1) is 0 Å². The molecule has 0 aliphatic heterocycles. The van der Waals surface area contributed by atoms with Gasteiger partial charge in [-0.25, -0.2) is 13.4 Å². The monoisotopic (exact) mass is 418 g/mol. The summed E-state index contributed by atoms with van der Waals surface area (Å²) in [4.78, 5) is 8.14. The van der Waals surface area contributed by atoms with E-state index >= 15 is 0 Å². The summed E-state index contributed by atoms with van der Waals surface area (Å²) in [5.41, 5.74) is 1.13. The molecule has 2 aromatic heterocycles. The minimum atomic E-state index is -3.77. The van der Waals surface area contributed by atoms with Crippen molar-refractivity contribution in [3.63, 3.8) is 0 Å². The van der Waals surface area contributed by atoms with Crippen molar-refractivity contribution in [3.05, 3.63) is 77.6 Å². The van der Waals surface area contributed by atoms with Gasteiger partial charge in [-0.05, 0) is 36.4 Å². The minimum absolute atomic E-state index is 0.191. The largest absolute Gasteiger partial charge is 0.288 e. The molecule has 0 aliphatic carbocycles. The quantitative estimate of drug-likeness (QED) is 0.528. The number of imidazole rings is 1. The van der Waals surface area contributed by atoms with Crippen molar-refractivity contribution in [2.45, 2.75) is 4.90 Å². The number of nitrogens with one attached hydrogen (secondary N) is 1. The molecular weight excluding hydrogens is 407 g/mol. The van der Waals surface area contributed by atoms with E-state index in [1.807, 2.05) is 6.07 Å². The fourth-order valence-corrected chi connectivity index (χ4v) is 4.33. The normalized spacial score (nSPS) is 11.6. The topological polar surface area (TPSA) is 76.9 Å². The molecule has 0 atom stereocenters. The first kappa shape index (κ1) is 17.8. The molecule has 0 amide bonds. The third-order valence-corrected chi connectivity index (χ3v) is 6.17. The van der Waals surface area contributed by atoms with E-state index in [1.54, 1.807) is 59.4 Å². The molecule has 136 valence electrons. The van der Waals surface area contributed by atoms with Gasteiger partial charge in [-0.15, -0.1) is 0 Å². The number of anilines is 1. The number of benzene rings is 2. The van der Waals surface area contributed by atoms with Gasteiger partial charge in [0, 0.05) is 34.5 Å². The molecule has 0 radical (unpaired) electrons. The van der Waals surface area contributed by atoms with E-state index in [-0.39, 0.29) is 15.2 Å². The van der Waals surface area contributed by atoms with Crippen LogP contribution in [0.25, 0.3) is 16.5 Å². The molecule has 9 heteroatoms. The summed E-state index contributed by atoms with van der Waals surface area (Å²) in [6, 6.07) is 13.5. The van der Waals surface area contributed by atoms with Crippen molar-refractivity contribution < 1.29 is 8.42 Å². The maximum absolute atomic E-state index is 12.8.